The van der Waals surface area contributed by atoms with Gasteiger partial charge in [-0.3, -0.25) is 0 Å². The zero-order valence-corrected chi connectivity index (χ0v) is 11.0. The second kappa shape index (κ2) is 5.41. The fourth-order valence-corrected chi connectivity index (χ4v) is 3.43. The summed E-state index contributed by atoms with van der Waals surface area (Å²) in [5.41, 5.74) is 0.386. The van der Waals surface area contributed by atoms with Crippen LogP contribution in [0.3, 0.4) is 0 Å². The number of benzene rings is 1. The summed E-state index contributed by atoms with van der Waals surface area (Å²) in [5.74, 6) is -0.841. The van der Waals surface area contributed by atoms with E-state index in [0.29, 0.717) is 18.7 Å². The Morgan fingerprint density at radius 1 is 1.32 bits per heavy atom. The quantitative estimate of drug-likeness (QED) is 0.842. The van der Waals surface area contributed by atoms with Gasteiger partial charge >= 0.3 is 0 Å². The second-order valence-corrected chi connectivity index (χ2v) is 6.09. The first-order chi connectivity index (χ1) is 9.07. The molecule has 1 N–H and O–H groups in total. The first-order valence-corrected chi connectivity index (χ1v) is 7.42. The van der Waals surface area contributed by atoms with Gasteiger partial charge in [-0.25, -0.2) is 12.8 Å². The molecule has 100 valence electrons. The van der Waals surface area contributed by atoms with Gasteiger partial charge in [0, 0.05) is 12.2 Å². The Kier molecular flexibility index (Phi) is 3.86. The molecule has 0 saturated carbocycles. The molecule has 1 aromatic rings. The van der Waals surface area contributed by atoms with E-state index in [1.54, 1.807) is 6.07 Å². The molecule has 0 aromatic heterocycles. The van der Waals surface area contributed by atoms with Crippen LogP contribution in [0.1, 0.15) is 19.3 Å². The van der Waals surface area contributed by atoms with Crippen LogP contribution in [-0.2, 0) is 9.84 Å². The van der Waals surface area contributed by atoms with E-state index in [2.05, 4.69) is 5.32 Å². The van der Waals surface area contributed by atoms with Crippen molar-refractivity contribution in [3.63, 3.8) is 0 Å². The second-order valence-electron chi connectivity index (χ2n) is 4.24. The molecule has 1 heterocycles. The standard InChI is InChI=1S/C13H13FN2O2S/c14-10-5-1-2-7-12(10)19(17,18)13(9-15)11-6-3-4-8-16-11/h1-2,5,7,16H,3-4,6,8H2/b13-11+. The minimum Gasteiger partial charge on any atom is -0.387 e. The third-order valence-electron chi connectivity index (χ3n) is 2.96. The van der Waals surface area contributed by atoms with Gasteiger partial charge in [-0.05, 0) is 31.4 Å². The van der Waals surface area contributed by atoms with Gasteiger partial charge in [0.1, 0.15) is 16.8 Å². The van der Waals surface area contributed by atoms with E-state index in [1.165, 1.54) is 18.2 Å². The third kappa shape index (κ3) is 2.61. The van der Waals surface area contributed by atoms with Crippen LogP contribution < -0.4 is 5.32 Å². The minimum atomic E-state index is -4.10. The third-order valence-corrected chi connectivity index (χ3v) is 4.75. The molecule has 0 spiro atoms. The number of halogens is 1. The Morgan fingerprint density at radius 2 is 2.05 bits per heavy atom. The smallest absolute Gasteiger partial charge is 0.221 e. The molecule has 0 radical (unpaired) electrons. The Hall–Kier alpha value is -1.87. The average Bonchev–Trinajstić information content (AvgIpc) is 2.40. The Balaban J connectivity index is 2.55. The maximum Gasteiger partial charge on any atom is 0.221 e. The van der Waals surface area contributed by atoms with Gasteiger partial charge in [0.05, 0.1) is 0 Å². The summed E-state index contributed by atoms with van der Waals surface area (Å²) >= 11 is 0. The molecule has 0 amide bonds. The van der Waals surface area contributed by atoms with Crippen molar-refractivity contribution in [1.82, 2.24) is 5.32 Å². The van der Waals surface area contributed by atoms with Crippen molar-refractivity contribution in [2.75, 3.05) is 6.54 Å². The zero-order chi connectivity index (χ0) is 13.9. The molecular weight excluding hydrogens is 267 g/mol. The largest absolute Gasteiger partial charge is 0.387 e. The van der Waals surface area contributed by atoms with Gasteiger partial charge in [-0.15, -0.1) is 0 Å². The van der Waals surface area contributed by atoms with Crippen molar-refractivity contribution in [3.05, 3.63) is 40.7 Å². The molecule has 1 aromatic carbocycles. The topological polar surface area (TPSA) is 70.0 Å². The first-order valence-electron chi connectivity index (χ1n) is 5.94. The molecule has 0 aliphatic carbocycles. The average molecular weight is 280 g/mol. The van der Waals surface area contributed by atoms with Gasteiger partial charge in [0.2, 0.25) is 9.84 Å². The van der Waals surface area contributed by atoms with E-state index < -0.39 is 20.5 Å². The zero-order valence-electron chi connectivity index (χ0n) is 10.2. The van der Waals surface area contributed by atoms with Crippen LogP contribution in [0.4, 0.5) is 4.39 Å². The van der Waals surface area contributed by atoms with Crippen LogP contribution in [0.5, 0.6) is 0 Å². The van der Waals surface area contributed by atoms with E-state index in [-0.39, 0.29) is 4.91 Å². The van der Waals surface area contributed by atoms with Gasteiger partial charge in [0.15, 0.2) is 4.91 Å². The van der Waals surface area contributed by atoms with Crippen LogP contribution in [0.2, 0.25) is 0 Å². The lowest BCUT2D eigenvalue weighted by Crippen LogP contribution is -2.23. The molecule has 1 aliphatic rings. The van der Waals surface area contributed by atoms with Crippen LogP contribution in [0.25, 0.3) is 0 Å². The summed E-state index contributed by atoms with van der Waals surface area (Å²) in [6, 6.07) is 6.79. The van der Waals surface area contributed by atoms with E-state index in [1.807, 2.05) is 0 Å². The molecular formula is C13H13FN2O2S. The van der Waals surface area contributed by atoms with Gasteiger partial charge < -0.3 is 5.32 Å². The number of piperidine rings is 1. The molecule has 2 rings (SSSR count). The predicted octanol–water partition coefficient (Wildman–Crippen LogP) is 2.11. The summed E-state index contributed by atoms with van der Waals surface area (Å²) in [6.07, 6.45) is 2.25. The van der Waals surface area contributed by atoms with E-state index in [0.717, 1.165) is 18.9 Å². The van der Waals surface area contributed by atoms with Crippen molar-refractivity contribution >= 4 is 9.84 Å². The lowest BCUT2D eigenvalue weighted by molar-refractivity contribution is 0.565. The Morgan fingerprint density at radius 3 is 2.63 bits per heavy atom. The number of sulfone groups is 1. The van der Waals surface area contributed by atoms with Crippen molar-refractivity contribution in [3.8, 4) is 6.07 Å². The highest BCUT2D eigenvalue weighted by molar-refractivity contribution is 7.95. The predicted molar refractivity (Wildman–Crippen MR) is 68.1 cm³/mol. The van der Waals surface area contributed by atoms with Gasteiger partial charge in [0.25, 0.3) is 0 Å². The monoisotopic (exact) mass is 280 g/mol. The molecule has 0 unspecified atom stereocenters. The molecule has 0 bridgehead atoms. The van der Waals surface area contributed by atoms with E-state index in [4.69, 9.17) is 5.26 Å². The highest BCUT2D eigenvalue weighted by Crippen LogP contribution is 2.26. The van der Waals surface area contributed by atoms with Crippen molar-refractivity contribution in [2.24, 2.45) is 0 Å². The van der Waals surface area contributed by atoms with Crippen LogP contribution in [0, 0.1) is 17.1 Å². The fraction of sp³-hybridized carbons (Fsp3) is 0.308. The number of nitrogens with one attached hydrogen (secondary N) is 1. The van der Waals surface area contributed by atoms with Crippen molar-refractivity contribution in [2.45, 2.75) is 24.2 Å². The maximum atomic E-state index is 13.6. The Labute approximate surface area is 111 Å². The fourth-order valence-electron chi connectivity index (χ4n) is 2.01. The molecule has 19 heavy (non-hydrogen) atoms. The summed E-state index contributed by atoms with van der Waals surface area (Å²) in [6.45, 7) is 0.632. The molecule has 1 saturated heterocycles. The summed E-state index contributed by atoms with van der Waals surface area (Å²) in [5, 5.41) is 12.0. The normalized spacial score (nSPS) is 18.3. The maximum absolute atomic E-state index is 13.6. The van der Waals surface area contributed by atoms with Gasteiger partial charge in [-0.1, -0.05) is 12.1 Å². The number of nitrogens with zero attached hydrogens (tertiary/aromatic N) is 1. The lowest BCUT2D eigenvalue weighted by Gasteiger charge is -2.18. The number of hydrogen-bond donors (Lipinski definition) is 1. The van der Waals surface area contributed by atoms with Crippen molar-refractivity contribution in [1.29, 1.82) is 5.26 Å². The highest BCUT2D eigenvalue weighted by atomic mass is 32.2. The minimum absolute atomic E-state index is 0.378. The van der Waals surface area contributed by atoms with Crippen LogP contribution in [-0.4, -0.2) is 15.0 Å². The number of rotatable bonds is 2. The molecule has 0 atom stereocenters. The lowest BCUT2D eigenvalue weighted by atomic mass is 10.1. The highest BCUT2D eigenvalue weighted by Gasteiger charge is 2.28. The number of allylic oxidation sites excluding steroid dienone is 2. The summed E-state index contributed by atoms with van der Waals surface area (Å²) < 4.78 is 38.3. The van der Waals surface area contributed by atoms with Gasteiger partial charge in [-0.2, -0.15) is 5.26 Å². The Bertz CT molecular complexity index is 651. The summed E-state index contributed by atoms with van der Waals surface area (Å²) in [4.78, 5) is -0.830. The van der Waals surface area contributed by atoms with Crippen LogP contribution >= 0.6 is 0 Å². The van der Waals surface area contributed by atoms with Crippen LogP contribution in [0.15, 0.2) is 39.8 Å². The molecule has 1 aliphatic heterocycles. The van der Waals surface area contributed by atoms with Crippen molar-refractivity contribution < 1.29 is 12.8 Å². The molecule has 1 fully saturated rings. The molecule has 6 heteroatoms. The van der Waals surface area contributed by atoms with E-state index >= 15 is 0 Å². The number of hydrogen-bond acceptors (Lipinski definition) is 4. The SMILES string of the molecule is N#C/C(=C1/CCCCN1)S(=O)(=O)c1ccccc1F. The summed E-state index contributed by atoms with van der Waals surface area (Å²) in [7, 11) is -4.10. The number of nitriles is 1. The van der Waals surface area contributed by atoms with E-state index in [9.17, 15) is 12.8 Å². The molecule has 4 nitrogen and oxygen atoms in total. The first kappa shape index (κ1) is 13.6.